The molecule has 8 heteroatoms. The van der Waals surface area contributed by atoms with Gasteiger partial charge in [0.25, 0.3) is 0 Å². The number of aryl methyl sites for hydroxylation is 1. The van der Waals surface area contributed by atoms with Crippen molar-refractivity contribution in [2.75, 3.05) is 11.9 Å². The Hall–Kier alpha value is -2.64. The molecule has 0 fully saturated rings. The fraction of sp³-hybridized carbons (Fsp3) is 0.429. The lowest BCUT2D eigenvalue weighted by molar-refractivity contribution is -0.385. The first-order chi connectivity index (χ1) is 10.5. The number of nitro groups is 1. The van der Waals surface area contributed by atoms with E-state index >= 15 is 0 Å². The summed E-state index contributed by atoms with van der Waals surface area (Å²) in [7, 11) is 0. The number of anilines is 1. The van der Waals surface area contributed by atoms with Crippen molar-refractivity contribution in [3.63, 3.8) is 0 Å². The number of benzene rings is 1. The first-order valence-corrected chi connectivity index (χ1v) is 7.11. The summed E-state index contributed by atoms with van der Waals surface area (Å²) in [5, 5.41) is 21.2. The van der Waals surface area contributed by atoms with Gasteiger partial charge in [0.2, 0.25) is 0 Å². The van der Waals surface area contributed by atoms with E-state index in [0.717, 1.165) is 17.9 Å². The van der Waals surface area contributed by atoms with Crippen molar-refractivity contribution in [2.45, 2.75) is 33.2 Å². The third-order valence-corrected chi connectivity index (χ3v) is 3.13. The molecule has 0 saturated heterocycles. The highest BCUT2D eigenvalue weighted by Crippen LogP contribution is 2.31. The largest absolute Gasteiger partial charge is 0.487 e. The van der Waals surface area contributed by atoms with Crippen LogP contribution < -0.4 is 10.1 Å². The van der Waals surface area contributed by atoms with E-state index in [4.69, 9.17) is 4.74 Å². The molecule has 0 saturated carbocycles. The molecule has 0 aliphatic heterocycles. The number of aromatic nitrogens is 3. The Bertz CT molecular complexity index is 656. The van der Waals surface area contributed by atoms with Crippen molar-refractivity contribution in [1.82, 2.24) is 15.2 Å². The molecule has 118 valence electrons. The van der Waals surface area contributed by atoms with Crippen LogP contribution in [0.15, 0.2) is 18.2 Å². The van der Waals surface area contributed by atoms with Crippen molar-refractivity contribution in [3.8, 4) is 5.75 Å². The van der Waals surface area contributed by atoms with Gasteiger partial charge in [-0.15, -0.1) is 0 Å². The Balaban J connectivity index is 2.24. The van der Waals surface area contributed by atoms with Gasteiger partial charge in [-0.25, -0.2) is 4.98 Å². The lowest BCUT2D eigenvalue weighted by atomic mass is 10.2. The van der Waals surface area contributed by atoms with Gasteiger partial charge in [-0.2, -0.15) is 5.10 Å². The van der Waals surface area contributed by atoms with Crippen molar-refractivity contribution in [1.29, 1.82) is 0 Å². The highest BCUT2D eigenvalue weighted by Gasteiger charge is 2.18. The summed E-state index contributed by atoms with van der Waals surface area (Å²) in [6.07, 6.45) is 0.776. The highest BCUT2D eigenvalue weighted by atomic mass is 16.6. The van der Waals surface area contributed by atoms with Gasteiger partial charge in [0.1, 0.15) is 5.82 Å². The zero-order valence-corrected chi connectivity index (χ0v) is 12.8. The molecule has 8 nitrogen and oxygen atoms in total. The smallest absolute Gasteiger partial charge is 0.311 e. The quantitative estimate of drug-likeness (QED) is 0.601. The molecular formula is C14H19N5O3. The lowest BCUT2D eigenvalue weighted by Crippen LogP contribution is -2.12. The lowest BCUT2D eigenvalue weighted by Gasteiger charge is -2.16. The Labute approximate surface area is 128 Å². The molecule has 1 atom stereocenters. The van der Waals surface area contributed by atoms with Gasteiger partial charge in [0.05, 0.1) is 17.6 Å². The Morgan fingerprint density at radius 2 is 2.23 bits per heavy atom. The Morgan fingerprint density at radius 3 is 2.77 bits per heavy atom. The van der Waals surface area contributed by atoms with Gasteiger partial charge >= 0.3 is 5.69 Å². The number of hydrogen-bond donors (Lipinski definition) is 2. The van der Waals surface area contributed by atoms with Gasteiger partial charge < -0.3 is 10.1 Å². The molecule has 1 aromatic heterocycles. The van der Waals surface area contributed by atoms with Crippen LogP contribution in [0.1, 0.15) is 38.0 Å². The summed E-state index contributed by atoms with van der Waals surface area (Å²) < 4.78 is 5.34. The summed E-state index contributed by atoms with van der Waals surface area (Å²) in [6.45, 7) is 6.00. The van der Waals surface area contributed by atoms with Crippen LogP contribution in [-0.2, 0) is 0 Å². The van der Waals surface area contributed by atoms with E-state index in [-0.39, 0.29) is 17.5 Å². The van der Waals surface area contributed by atoms with Crippen LogP contribution in [0.25, 0.3) is 0 Å². The van der Waals surface area contributed by atoms with E-state index in [1.807, 2.05) is 13.8 Å². The first kappa shape index (κ1) is 15.7. The minimum atomic E-state index is -0.454. The maximum absolute atomic E-state index is 11.0. The topological polar surface area (TPSA) is 106 Å². The third-order valence-electron chi connectivity index (χ3n) is 3.13. The standard InChI is InChI=1S/C14H19N5O3/c1-4-11(14-15-9(3)17-18-14)16-10-6-7-12(19(20)21)13(8-10)22-5-2/h6-8,11,16H,4-5H2,1-3H3,(H,15,17,18). The van der Waals surface area contributed by atoms with Crippen LogP contribution in [0.3, 0.4) is 0 Å². The number of ether oxygens (including phenoxy) is 1. The van der Waals surface area contributed by atoms with Crippen LogP contribution in [0.4, 0.5) is 11.4 Å². The fourth-order valence-corrected chi connectivity index (χ4v) is 2.09. The number of nitro benzene ring substituents is 1. The zero-order valence-electron chi connectivity index (χ0n) is 12.8. The summed E-state index contributed by atoms with van der Waals surface area (Å²) in [4.78, 5) is 14.9. The fourth-order valence-electron chi connectivity index (χ4n) is 2.09. The average molecular weight is 305 g/mol. The molecule has 2 rings (SSSR count). The maximum Gasteiger partial charge on any atom is 0.311 e. The molecule has 0 spiro atoms. The van der Waals surface area contributed by atoms with Gasteiger partial charge in [-0.1, -0.05) is 6.92 Å². The van der Waals surface area contributed by atoms with Crippen LogP contribution >= 0.6 is 0 Å². The predicted octanol–water partition coefficient (Wildman–Crippen LogP) is 2.98. The second kappa shape index (κ2) is 6.88. The average Bonchev–Trinajstić information content (AvgIpc) is 2.91. The van der Waals surface area contributed by atoms with Crippen molar-refractivity contribution >= 4 is 11.4 Å². The molecule has 22 heavy (non-hydrogen) atoms. The maximum atomic E-state index is 11.0. The van der Waals surface area contributed by atoms with Crippen LogP contribution in [0.5, 0.6) is 5.75 Å². The van der Waals surface area contributed by atoms with E-state index < -0.39 is 4.92 Å². The van der Waals surface area contributed by atoms with Gasteiger partial charge in [0, 0.05) is 17.8 Å². The van der Waals surface area contributed by atoms with Crippen molar-refractivity contribution in [2.24, 2.45) is 0 Å². The van der Waals surface area contributed by atoms with E-state index in [1.54, 1.807) is 19.1 Å². The third kappa shape index (κ3) is 3.51. The molecule has 1 heterocycles. The molecule has 0 amide bonds. The van der Waals surface area contributed by atoms with Gasteiger partial charge in [-0.3, -0.25) is 15.2 Å². The molecule has 0 bridgehead atoms. The van der Waals surface area contributed by atoms with Gasteiger partial charge in [0.15, 0.2) is 11.6 Å². The number of nitrogens with one attached hydrogen (secondary N) is 2. The number of hydrogen-bond acceptors (Lipinski definition) is 6. The SMILES string of the molecule is CCOc1cc(NC(CC)c2n[nH]c(C)n2)ccc1[N+](=O)[O-]. The monoisotopic (exact) mass is 305 g/mol. The molecular weight excluding hydrogens is 286 g/mol. The summed E-state index contributed by atoms with van der Waals surface area (Å²) in [5.41, 5.74) is 0.678. The van der Waals surface area contributed by atoms with Gasteiger partial charge in [-0.05, 0) is 26.3 Å². The predicted molar refractivity (Wildman–Crippen MR) is 82.0 cm³/mol. The number of aromatic amines is 1. The summed E-state index contributed by atoms with van der Waals surface area (Å²) >= 11 is 0. The summed E-state index contributed by atoms with van der Waals surface area (Å²) in [5.74, 6) is 1.66. The first-order valence-electron chi connectivity index (χ1n) is 7.11. The Kier molecular flexibility index (Phi) is 4.92. The zero-order chi connectivity index (χ0) is 16.1. The van der Waals surface area contributed by atoms with E-state index in [0.29, 0.717) is 12.4 Å². The second-order valence-corrected chi connectivity index (χ2v) is 4.76. The van der Waals surface area contributed by atoms with E-state index in [2.05, 4.69) is 20.5 Å². The molecule has 0 aliphatic carbocycles. The van der Waals surface area contributed by atoms with E-state index in [9.17, 15) is 10.1 Å². The second-order valence-electron chi connectivity index (χ2n) is 4.76. The van der Waals surface area contributed by atoms with Crippen LogP contribution in [0.2, 0.25) is 0 Å². The molecule has 1 aromatic carbocycles. The molecule has 2 aromatic rings. The highest BCUT2D eigenvalue weighted by molar-refractivity contribution is 5.58. The number of H-pyrrole nitrogens is 1. The summed E-state index contributed by atoms with van der Waals surface area (Å²) in [6, 6.07) is 4.64. The molecule has 2 N–H and O–H groups in total. The molecule has 1 unspecified atom stereocenters. The van der Waals surface area contributed by atoms with Crippen molar-refractivity contribution < 1.29 is 9.66 Å². The number of nitrogens with zero attached hydrogens (tertiary/aromatic N) is 3. The minimum Gasteiger partial charge on any atom is -0.487 e. The van der Waals surface area contributed by atoms with Crippen LogP contribution in [0, 0.1) is 17.0 Å². The molecule has 0 aliphatic rings. The normalized spacial score (nSPS) is 12.0. The Morgan fingerprint density at radius 1 is 1.45 bits per heavy atom. The van der Waals surface area contributed by atoms with E-state index in [1.165, 1.54) is 6.07 Å². The molecule has 0 radical (unpaired) electrons. The van der Waals surface area contributed by atoms with Crippen molar-refractivity contribution in [3.05, 3.63) is 40.0 Å². The minimum absolute atomic E-state index is 0.0470. The van der Waals surface area contributed by atoms with Crippen LogP contribution in [-0.4, -0.2) is 26.7 Å². The number of rotatable bonds is 7.